The first-order chi connectivity index (χ1) is 8.58. The van der Waals surface area contributed by atoms with Gasteiger partial charge in [-0.05, 0) is 25.1 Å². The molecule has 4 nitrogen and oxygen atoms in total. The number of anilines is 1. The van der Waals surface area contributed by atoms with E-state index in [0.29, 0.717) is 18.2 Å². The predicted octanol–water partition coefficient (Wildman–Crippen LogP) is 1.97. The van der Waals surface area contributed by atoms with Gasteiger partial charge in [0, 0.05) is 0 Å². The first kappa shape index (κ1) is 15.7. The molecule has 19 heavy (non-hydrogen) atoms. The van der Waals surface area contributed by atoms with Gasteiger partial charge in [0.2, 0.25) is 10.0 Å². The minimum atomic E-state index is -4.71. The van der Waals surface area contributed by atoms with Crippen LogP contribution in [0.3, 0.4) is 0 Å². The molecular formula is C10H11F4NO3S. The molecule has 0 saturated carbocycles. The largest absolute Gasteiger partial charge is 0.416 e. The average molecular weight is 301 g/mol. The van der Waals surface area contributed by atoms with Crippen molar-refractivity contribution in [2.75, 3.05) is 11.3 Å². The number of nitrogens with one attached hydrogen (secondary N) is 1. The highest BCUT2D eigenvalue weighted by Crippen LogP contribution is 2.32. The van der Waals surface area contributed by atoms with E-state index < -0.39 is 45.1 Å². The fourth-order valence-electron chi connectivity index (χ4n) is 1.13. The zero-order valence-corrected chi connectivity index (χ0v) is 10.5. The highest BCUT2D eigenvalue weighted by Gasteiger charge is 2.32. The number of rotatable bonds is 4. The van der Waals surface area contributed by atoms with E-state index in [4.69, 9.17) is 5.11 Å². The Morgan fingerprint density at radius 3 is 2.42 bits per heavy atom. The number of alkyl halides is 3. The summed E-state index contributed by atoms with van der Waals surface area (Å²) in [6.45, 7) is 0.393. The number of benzene rings is 1. The highest BCUT2D eigenvalue weighted by atomic mass is 32.2. The van der Waals surface area contributed by atoms with Gasteiger partial charge in [-0.1, -0.05) is 0 Å². The van der Waals surface area contributed by atoms with Crippen molar-refractivity contribution in [3.8, 4) is 0 Å². The number of aliphatic hydroxyl groups excluding tert-OH is 1. The van der Waals surface area contributed by atoms with Gasteiger partial charge in [-0.2, -0.15) is 13.2 Å². The fraction of sp³-hybridized carbons (Fsp3) is 0.400. The van der Waals surface area contributed by atoms with Gasteiger partial charge < -0.3 is 5.11 Å². The quantitative estimate of drug-likeness (QED) is 0.836. The monoisotopic (exact) mass is 301 g/mol. The van der Waals surface area contributed by atoms with E-state index in [9.17, 15) is 26.0 Å². The van der Waals surface area contributed by atoms with Crippen LogP contribution in [-0.2, 0) is 16.2 Å². The van der Waals surface area contributed by atoms with Crippen molar-refractivity contribution in [3.63, 3.8) is 0 Å². The van der Waals surface area contributed by atoms with E-state index >= 15 is 0 Å². The lowest BCUT2D eigenvalue weighted by Crippen LogP contribution is -2.28. The molecule has 0 fully saturated rings. The molecule has 1 unspecified atom stereocenters. The normalized spacial score (nSPS) is 14.2. The zero-order valence-electron chi connectivity index (χ0n) is 9.70. The second kappa shape index (κ2) is 5.33. The molecule has 0 aromatic heterocycles. The molecule has 0 heterocycles. The molecule has 2 N–H and O–H groups in total. The van der Waals surface area contributed by atoms with Crippen molar-refractivity contribution in [2.45, 2.75) is 18.3 Å². The summed E-state index contributed by atoms with van der Waals surface area (Å²) in [6, 6.07) is 1.38. The number of sulfonamides is 1. The molecule has 0 aliphatic carbocycles. The SMILES string of the molecule is CC(CO)S(=O)(=O)Nc1cc(C(F)(F)F)ccc1F. The van der Waals surface area contributed by atoms with Gasteiger partial charge >= 0.3 is 6.18 Å². The lowest BCUT2D eigenvalue weighted by molar-refractivity contribution is -0.137. The Balaban J connectivity index is 3.15. The molecule has 0 aliphatic rings. The van der Waals surface area contributed by atoms with Gasteiger partial charge in [-0.25, -0.2) is 12.8 Å². The summed E-state index contributed by atoms with van der Waals surface area (Å²) < 4.78 is 75.3. The number of halogens is 4. The highest BCUT2D eigenvalue weighted by molar-refractivity contribution is 7.93. The first-order valence-electron chi connectivity index (χ1n) is 5.07. The molecule has 0 spiro atoms. The lowest BCUT2D eigenvalue weighted by Gasteiger charge is -2.14. The summed E-state index contributed by atoms with van der Waals surface area (Å²) in [7, 11) is -4.16. The Bertz CT molecular complexity index is 556. The summed E-state index contributed by atoms with van der Waals surface area (Å²) >= 11 is 0. The van der Waals surface area contributed by atoms with Crippen LogP contribution in [-0.4, -0.2) is 25.4 Å². The number of aliphatic hydroxyl groups is 1. The Labute approximate surface area is 107 Å². The van der Waals surface area contributed by atoms with Crippen LogP contribution >= 0.6 is 0 Å². The third kappa shape index (κ3) is 3.80. The van der Waals surface area contributed by atoms with E-state index in [1.54, 1.807) is 4.72 Å². The van der Waals surface area contributed by atoms with Crippen molar-refractivity contribution in [1.29, 1.82) is 0 Å². The Hall–Kier alpha value is -1.35. The average Bonchev–Trinajstić information content (AvgIpc) is 2.29. The predicted molar refractivity (Wildman–Crippen MR) is 60.5 cm³/mol. The van der Waals surface area contributed by atoms with Gasteiger partial charge in [0.15, 0.2) is 0 Å². The van der Waals surface area contributed by atoms with E-state index in [2.05, 4.69) is 0 Å². The summed E-state index contributed by atoms with van der Waals surface area (Å²) in [4.78, 5) is 0. The van der Waals surface area contributed by atoms with E-state index in [1.807, 2.05) is 0 Å². The van der Waals surface area contributed by atoms with Gasteiger partial charge in [0.25, 0.3) is 0 Å². The van der Waals surface area contributed by atoms with E-state index in [-0.39, 0.29) is 0 Å². The Morgan fingerprint density at radius 2 is 1.95 bits per heavy atom. The number of hydrogen-bond acceptors (Lipinski definition) is 3. The third-order valence-electron chi connectivity index (χ3n) is 2.33. The molecule has 1 aromatic carbocycles. The minimum Gasteiger partial charge on any atom is -0.395 e. The molecule has 0 radical (unpaired) electrons. The van der Waals surface area contributed by atoms with Crippen molar-refractivity contribution >= 4 is 15.7 Å². The van der Waals surface area contributed by atoms with Crippen LogP contribution < -0.4 is 4.72 Å². The van der Waals surface area contributed by atoms with Crippen molar-refractivity contribution in [1.82, 2.24) is 0 Å². The molecule has 0 bridgehead atoms. The lowest BCUT2D eigenvalue weighted by atomic mass is 10.2. The maximum absolute atomic E-state index is 13.3. The minimum absolute atomic E-state index is 0.358. The van der Waals surface area contributed by atoms with Crippen molar-refractivity contribution in [3.05, 3.63) is 29.6 Å². The Morgan fingerprint density at radius 1 is 1.37 bits per heavy atom. The zero-order chi connectivity index (χ0) is 14.8. The summed E-state index contributed by atoms with van der Waals surface area (Å²) in [5.74, 6) is -1.14. The maximum atomic E-state index is 13.3. The summed E-state index contributed by atoms with van der Waals surface area (Å²) in [6.07, 6.45) is -4.71. The second-order valence-electron chi connectivity index (χ2n) is 3.83. The number of hydrogen-bond donors (Lipinski definition) is 2. The van der Waals surface area contributed by atoms with Gasteiger partial charge in [0.1, 0.15) is 11.1 Å². The van der Waals surface area contributed by atoms with Crippen LogP contribution in [0.4, 0.5) is 23.2 Å². The third-order valence-corrected chi connectivity index (χ3v) is 4.05. The molecule has 9 heteroatoms. The molecule has 108 valence electrons. The molecule has 0 saturated heterocycles. The molecule has 1 atom stereocenters. The first-order valence-corrected chi connectivity index (χ1v) is 6.62. The van der Waals surface area contributed by atoms with Gasteiger partial charge in [0.05, 0.1) is 17.9 Å². The molecule has 0 aliphatic heterocycles. The van der Waals surface area contributed by atoms with Crippen molar-refractivity contribution in [2.24, 2.45) is 0 Å². The van der Waals surface area contributed by atoms with Crippen LogP contribution in [0.2, 0.25) is 0 Å². The van der Waals surface area contributed by atoms with Crippen LogP contribution in [0.5, 0.6) is 0 Å². The van der Waals surface area contributed by atoms with E-state index in [1.165, 1.54) is 0 Å². The van der Waals surface area contributed by atoms with E-state index in [0.717, 1.165) is 6.92 Å². The van der Waals surface area contributed by atoms with Crippen LogP contribution in [0.1, 0.15) is 12.5 Å². The molecule has 1 rings (SSSR count). The molecule has 1 aromatic rings. The molecule has 0 amide bonds. The smallest absolute Gasteiger partial charge is 0.395 e. The summed E-state index contributed by atoms with van der Waals surface area (Å²) in [5.41, 5.74) is -1.99. The molecular weight excluding hydrogens is 290 g/mol. The van der Waals surface area contributed by atoms with Crippen LogP contribution in [0.25, 0.3) is 0 Å². The maximum Gasteiger partial charge on any atom is 0.416 e. The topological polar surface area (TPSA) is 66.4 Å². The van der Waals surface area contributed by atoms with Crippen LogP contribution in [0, 0.1) is 5.82 Å². The van der Waals surface area contributed by atoms with Crippen molar-refractivity contribution < 1.29 is 31.1 Å². The standard InChI is InChI=1S/C10H11F4NO3S/c1-6(5-16)19(17,18)15-9-4-7(10(12,13)14)2-3-8(9)11/h2-4,6,15-16H,5H2,1H3. The Kier molecular flexibility index (Phi) is 4.41. The van der Waals surface area contributed by atoms with Gasteiger partial charge in [-0.15, -0.1) is 0 Å². The summed E-state index contributed by atoms with van der Waals surface area (Å²) in [5, 5.41) is 7.43. The second-order valence-corrected chi connectivity index (χ2v) is 5.93. The van der Waals surface area contributed by atoms with Gasteiger partial charge in [-0.3, -0.25) is 4.72 Å². The fourth-order valence-corrected chi connectivity index (χ4v) is 1.99. The van der Waals surface area contributed by atoms with Crippen LogP contribution in [0.15, 0.2) is 18.2 Å².